The van der Waals surface area contributed by atoms with Gasteiger partial charge in [-0.2, -0.15) is 22.0 Å². The quantitative estimate of drug-likeness (QED) is 0.241. The van der Waals surface area contributed by atoms with Crippen molar-refractivity contribution in [3.63, 3.8) is 0 Å². The molecular formula is C16H19F5O3S. The second kappa shape index (κ2) is 9.26. The number of esters is 1. The number of unbranched alkanes of at least 4 members (excludes halogenated alkanes) is 1. The molecule has 1 rings (SSSR count). The minimum atomic E-state index is -5.59. The Bertz CT molecular complexity index is 581. The van der Waals surface area contributed by atoms with Gasteiger partial charge in [0.05, 0.1) is 12.0 Å². The number of hydrogen-bond acceptors (Lipinski definition) is 4. The largest absolute Gasteiger partial charge is 0.469 e. The van der Waals surface area contributed by atoms with Gasteiger partial charge in [0, 0.05) is 24.1 Å². The van der Waals surface area contributed by atoms with Crippen LogP contribution in [-0.4, -0.2) is 31.0 Å². The zero-order valence-corrected chi connectivity index (χ0v) is 14.4. The molecule has 0 radical (unpaired) electrons. The first-order valence-electron chi connectivity index (χ1n) is 7.70. The van der Waals surface area contributed by atoms with Crippen LogP contribution >= 0.6 is 11.3 Å². The molecule has 142 valence electrons. The minimum absolute atomic E-state index is 0.294. The predicted molar refractivity (Wildman–Crippen MR) is 83.1 cm³/mol. The van der Waals surface area contributed by atoms with Gasteiger partial charge in [-0.1, -0.05) is 0 Å². The molecule has 0 fully saturated rings. The molecule has 0 amide bonds. The van der Waals surface area contributed by atoms with Crippen molar-refractivity contribution < 1.29 is 36.3 Å². The molecule has 0 aromatic carbocycles. The first-order valence-corrected chi connectivity index (χ1v) is 8.52. The number of hydrogen-bond donors (Lipinski definition) is 0. The molecule has 0 aliphatic carbocycles. The number of ketones is 1. The number of methoxy groups -OCH3 is 1. The normalized spacial score (nSPS) is 12.2. The topological polar surface area (TPSA) is 43.4 Å². The van der Waals surface area contributed by atoms with E-state index in [-0.39, 0.29) is 12.4 Å². The molecule has 0 aliphatic rings. The fraction of sp³-hybridized carbons (Fsp3) is 0.625. The maximum Gasteiger partial charge on any atom is 0.453 e. The maximum absolute atomic E-state index is 12.8. The first-order chi connectivity index (χ1) is 11.6. The van der Waals surface area contributed by atoms with Crippen molar-refractivity contribution >= 4 is 23.1 Å². The van der Waals surface area contributed by atoms with E-state index in [0.717, 1.165) is 11.3 Å². The van der Waals surface area contributed by atoms with Gasteiger partial charge in [0.15, 0.2) is 5.78 Å². The Balaban J connectivity index is 2.38. The number of Topliss-reactive ketones (excluding diaryl/α,β-unsaturated/α-hetero) is 1. The molecule has 0 aliphatic heterocycles. The number of rotatable bonds is 10. The van der Waals surface area contributed by atoms with Crippen LogP contribution in [0.3, 0.4) is 0 Å². The zero-order valence-electron chi connectivity index (χ0n) is 13.6. The van der Waals surface area contributed by atoms with Gasteiger partial charge in [-0.3, -0.25) is 9.59 Å². The van der Waals surface area contributed by atoms with Crippen molar-refractivity contribution in [2.45, 2.75) is 57.0 Å². The lowest BCUT2D eigenvalue weighted by atomic mass is 10.1. The third-order valence-corrected chi connectivity index (χ3v) is 4.71. The van der Waals surface area contributed by atoms with Crippen molar-refractivity contribution in [2.24, 2.45) is 0 Å². The highest BCUT2D eigenvalue weighted by atomic mass is 32.1. The highest BCUT2D eigenvalue weighted by Gasteiger charge is 2.56. The third kappa shape index (κ3) is 7.09. The SMILES string of the molecule is COC(=O)CCCCc1ccc(C(=O)CCCC(F)(F)C(F)(F)F)s1. The van der Waals surface area contributed by atoms with Crippen LogP contribution in [-0.2, 0) is 16.0 Å². The molecule has 0 saturated carbocycles. The van der Waals surface area contributed by atoms with Gasteiger partial charge in [0.1, 0.15) is 0 Å². The van der Waals surface area contributed by atoms with Crippen LogP contribution < -0.4 is 0 Å². The second-order valence-corrected chi connectivity index (χ2v) is 6.70. The number of carbonyl (C=O) groups is 2. The molecule has 0 saturated heterocycles. The Morgan fingerprint density at radius 1 is 1.04 bits per heavy atom. The lowest BCUT2D eigenvalue weighted by Crippen LogP contribution is -2.36. The number of aryl methyl sites for hydroxylation is 1. The Labute approximate surface area is 146 Å². The summed E-state index contributed by atoms with van der Waals surface area (Å²) in [5.41, 5.74) is 0. The molecular weight excluding hydrogens is 367 g/mol. The summed E-state index contributed by atoms with van der Waals surface area (Å²) in [6.45, 7) is 0. The summed E-state index contributed by atoms with van der Waals surface area (Å²) in [5, 5.41) is 0. The van der Waals surface area contributed by atoms with Gasteiger partial charge in [-0.25, -0.2) is 0 Å². The van der Waals surface area contributed by atoms with E-state index in [2.05, 4.69) is 4.74 Å². The summed E-state index contributed by atoms with van der Waals surface area (Å²) in [7, 11) is 1.31. The van der Waals surface area contributed by atoms with E-state index in [9.17, 15) is 31.5 Å². The number of alkyl halides is 5. The average molecular weight is 386 g/mol. The van der Waals surface area contributed by atoms with Gasteiger partial charge in [0.25, 0.3) is 0 Å². The second-order valence-electron chi connectivity index (χ2n) is 5.53. The van der Waals surface area contributed by atoms with Crippen molar-refractivity contribution in [2.75, 3.05) is 7.11 Å². The molecule has 0 N–H and O–H groups in total. The lowest BCUT2D eigenvalue weighted by molar-refractivity contribution is -0.284. The molecule has 1 aromatic heterocycles. The summed E-state index contributed by atoms with van der Waals surface area (Å²) >= 11 is 1.19. The van der Waals surface area contributed by atoms with Crippen LogP contribution in [0.2, 0.25) is 0 Å². The van der Waals surface area contributed by atoms with Gasteiger partial charge in [0.2, 0.25) is 0 Å². The molecule has 0 spiro atoms. The minimum Gasteiger partial charge on any atom is -0.469 e. The van der Waals surface area contributed by atoms with Crippen LogP contribution in [0.5, 0.6) is 0 Å². The van der Waals surface area contributed by atoms with E-state index >= 15 is 0 Å². The van der Waals surface area contributed by atoms with E-state index in [0.29, 0.717) is 24.1 Å². The van der Waals surface area contributed by atoms with E-state index in [1.807, 2.05) is 0 Å². The highest BCUT2D eigenvalue weighted by Crippen LogP contribution is 2.39. The maximum atomic E-state index is 12.8. The number of ether oxygens (including phenoxy) is 1. The zero-order chi connectivity index (χ0) is 19.1. The highest BCUT2D eigenvalue weighted by molar-refractivity contribution is 7.14. The summed E-state index contributed by atoms with van der Waals surface area (Å²) in [6, 6.07) is 3.27. The van der Waals surface area contributed by atoms with Gasteiger partial charge in [-0.15, -0.1) is 11.3 Å². The van der Waals surface area contributed by atoms with Gasteiger partial charge < -0.3 is 4.74 Å². The van der Waals surface area contributed by atoms with E-state index in [4.69, 9.17) is 0 Å². The molecule has 1 heterocycles. The Morgan fingerprint density at radius 3 is 2.32 bits per heavy atom. The van der Waals surface area contributed by atoms with Crippen molar-refractivity contribution in [1.29, 1.82) is 0 Å². The van der Waals surface area contributed by atoms with Crippen LogP contribution in [0.1, 0.15) is 53.1 Å². The summed E-state index contributed by atoms with van der Waals surface area (Å²) in [5.74, 6) is -5.51. The molecule has 9 heteroatoms. The predicted octanol–water partition coefficient (Wildman–Crippen LogP) is 5.18. The van der Waals surface area contributed by atoms with Crippen molar-refractivity contribution in [1.82, 2.24) is 0 Å². The summed E-state index contributed by atoms with van der Waals surface area (Å²) < 4.78 is 66.2. The molecule has 1 aromatic rings. The molecule has 0 atom stereocenters. The Morgan fingerprint density at radius 2 is 1.72 bits per heavy atom. The first kappa shape index (κ1) is 21.5. The number of carbonyl (C=O) groups excluding carboxylic acids is 2. The van der Waals surface area contributed by atoms with Gasteiger partial charge >= 0.3 is 18.1 Å². The van der Waals surface area contributed by atoms with E-state index < -0.39 is 30.7 Å². The van der Waals surface area contributed by atoms with E-state index in [1.54, 1.807) is 12.1 Å². The van der Waals surface area contributed by atoms with Gasteiger partial charge in [-0.05, 0) is 37.8 Å². The Hall–Kier alpha value is -1.51. The summed E-state index contributed by atoms with van der Waals surface area (Å²) in [4.78, 5) is 24.1. The Kier molecular flexibility index (Phi) is 7.98. The third-order valence-electron chi connectivity index (χ3n) is 3.53. The molecule has 25 heavy (non-hydrogen) atoms. The van der Waals surface area contributed by atoms with E-state index in [1.165, 1.54) is 18.4 Å². The fourth-order valence-corrected chi connectivity index (χ4v) is 3.09. The monoisotopic (exact) mass is 386 g/mol. The fourth-order valence-electron chi connectivity index (χ4n) is 2.07. The lowest BCUT2D eigenvalue weighted by Gasteiger charge is -2.18. The average Bonchev–Trinajstić information content (AvgIpc) is 2.98. The smallest absolute Gasteiger partial charge is 0.453 e. The number of halogens is 5. The standard InChI is InChI=1S/C16H19F5O3S/c1-24-14(23)7-3-2-5-11-8-9-13(25-11)12(22)6-4-10-15(17,18)16(19,20)21/h8-9H,2-7,10H2,1H3. The summed E-state index contributed by atoms with van der Waals surface area (Å²) in [6.07, 6.45) is -5.54. The van der Waals surface area contributed by atoms with Crippen molar-refractivity contribution in [3.05, 3.63) is 21.9 Å². The van der Waals surface area contributed by atoms with Crippen LogP contribution in [0.25, 0.3) is 0 Å². The molecule has 0 unspecified atom stereocenters. The van der Waals surface area contributed by atoms with Crippen LogP contribution in [0.4, 0.5) is 22.0 Å². The number of thiophene rings is 1. The van der Waals surface area contributed by atoms with Crippen LogP contribution in [0.15, 0.2) is 12.1 Å². The van der Waals surface area contributed by atoms with Crippen molar-refractivity contribution in [3.8, 4) is 0 Å². The van der Waals surface area contributed by atoms with Crippen LogP contribution in [0, 0.1) is 0 Å². The molecule has 3 nitrogen and oxygen atoms in total. The molecule has 0 bridgehead atoms.